The zero-order valence-corrected chi connectivity index (χ0v) is 11.5. The van der Waals surface area contributed by atoms with Crippen LogP contribution >= 0.6 is 0 Å². The summed E-state index contributed by atoms with van der Waals surface area (Å²) in [6, 6.07) is 0. The molecule has 0 N–H and O–H groups in total. The Morgan fingerprint density at radius 1 is 1.58 bits per heavy atom. The van der Waals surface area contributed by atoms with Crippen LogP contribution in [0.4, 0.5) is 11.5 Å². The maximum Gasteiger partial charge on any atom is 0.334 e. The minimum atomic E-state index is -0.463. The molecule has 106 valence electrons. The quantitative estimate of drug-likeness (QED) is 0.433. The van der Waals surface area contributed by atoms with E-state index in [4.69, 9.17) is 0 Å². The topological polar surface area (TPSA) is 90.5 Å². The predicted octanol–water partition coefficient (Wildman–Crippen LogP) is 0.890. The molecule has 0 aliphatic rings. The molecule has 0 saturated heterocycles. The van der Waals surface area contributed by atoms with Crippen LogP contribution in [0.15, 0.2) is 0 Å². The first-order chi connectivity index (χ1) is 8.92. The van der Waals surface area contributed by atoms with Crippen molar-refractivity contribution < 1.29 is 14.5 Å². The van der Waals surface area contributed by atoms with Gasteiger partial charge in [0.1, 0.15) is 12.2 Å². The first-order valence-corrected chi connectivity index (χ1v) is 5.90. The van der Waals surface area contributed by atoms with Crippen molar-refractivity contribution in [1.82, 2.24) is 9.78 Å². The molecule has 0 amide bonds. The van der Waals surface area contributed by atoms with Crippen molar-refractivity contribution in [2.24, 2.45) is 7.05 Å². The molecule has 0 atom stereocenters. The largest absolute Gasteiger partial charge is 0.468 e. The molecule has 0 aromatic carbocycles. The van der Waals surface area contributed by atoms with Gasteiger partial charge in [0.05, 0.1) is 12.0 Å². The number of nitrogens with zero attached hydrogens (tertiary/aromatic N) is 4. The summed E-state index contributed by atoms with van der Waals surface area (Å²) < 4.78 is 5.98. The van der Waals surface area contributed by atoms with Gasteiger partial charge in [-0.05, 0) is 6.42 Å². The van der Waals surface area contributed by atoms with Gasteiger partial charge in [0.2, 0.25) is 5.82 Å². The summed E-state index contributed by atoms with van der Waals surface area (Å²) in [5, 5.41) is 15.4. The Bertz CT molecular complexity index is 483. The van der Waals surface area contributed by atoms with Gasteiger partial charge in [-0.2, -0.15) is 5.10 Å². The number of aromatic nitrogens is 2. The summed E-state index contributed by atoms with van der Waals surface area (Å²) >= 11 is 0. The van der Waals surface area contributed by atoms with E-state index in [1.54, 1.807) is 14.1 Å². The van der Waals surface area contributed by atoms with Crippen LogP contribution < -0.4 is 4.90 Å². The number of carbonyl (C=O) groups excluding carboxylic acids is 1. The molecule has 0 saturated carbocycles. The molecule has 1 aromatic heterocycles. The number of anilines is 1. The summed E-state index contributed by atoms with van der Waals surface area (Å²) in [7, 11) is 4.49. The zero-order chi connectivity index (χ0) is 14.6. The number of carbonyl (C=O) groups is 1. The Labute approximate surface area is 111 Å². The number of nitro groups is 1. The highest BCUT2D eigenvalue weighted by Gasteiger charge is 2.29. The summed E-state index contributed by atoms with van der Waals surface area (Å²) in [6.45, 7) is 1.86. The van der Waals surface area contributed by atoms with E-state index in [1.165, 1.54) is 16.7 Å². The van der Waals surface area contributed by atoms with Gasteiger partial charge in [0.15, 0.2) is 0 Å². The van der Waals surface area contributed by atoms with E-state index < -0.39 is 10.9 Å². The highest BCUT2D eigenvalue weighted by atomic mass is 16.6. The lowest BCUT2D eigenvalue weighted by Crippen LogP contribution is -2.28. The van der Waals surface area contributed by atoms with Gasteiger partial charge < -0.3 is 9.64 Å². The second kappa shape index (κ2) is 6.17. The number of ether oxygens (including phenoxy) is 1. The number of hydrogen-bond donors (Lipinski definition) is 0. The lowest BCUT2D eigenvalue weighted by Gasteiger charge is -2.16. The molecule has 8 nitrogen and oxygen atoms in total. The fourth-order valence-corrected chi connectivity index (χ4v) is 1.91. The molecule has 0 spiro atoms. The van der Waals surface area contributed by atoms with E-state index in [2.05, 4.69) is 9.84 Å². The van der Waals surface area contributed by atoms with Crippen LogP contribution in [-0.4, -0.2) is 41.4 Å². The molecule has 0 radical (unpaired) electrons. The smallest absolute Gasteiger partial charge is 0.334 e. The highest BCUT2D eigenvalue weighted by molar-refractivity contribution is 5.76. The number of hydrogen-bond acceptors (Lipinski definition) is 6. The van der Waals surface area contributed by atoms with Gasteiger partial charge >= 0.3 is 11.7 Å². The van der Waals surface area contributed by atoms with Gasteiger partial charge in [0, 0.05) is 14.1 Å². The Morgan fingerprint density at radius 2 is 2.21 bits per heavy atom. The molecule has 1 aromatic rings. The van der Waals surface area contributed by atoms with E-state index in [0.29, 0.717) is 17.9 Å². The minimum Gasteiger partial charge on any atom is -0.468 e. The van der Waals surface area contributed by atoms with Crippen molar-refractivity contribution in [2.75, 3.05) is 25.6 Å². The fourth-order valence-electron chi connectivity index (χ4n) is 1.91. The molecular formula is C11H18N4O4. The number of likely N-dealkylation sites (N-methyl/N-ethyl adjacent to an activating group) is 1. The second-order valence-electron chi connectivity index (χ2n) is 4.18. The number of esters is 1. The van der Waals surface area contributed by atoms with Crippen LogP contribution in [0, 0.1) is 10.1 Å². The predicted molar refractivity (Wildman–Crippen MR) is 69.1 cm³/mol. The summed E-state index contributed by atoms with van der Waals surface area (Å²) in [6.07, 6.45) is 1.29. The average molecular weight is 270 g/mol. The summed E-state index contributed by atoms with van der Waals surface area (Å²) in [4.78, 5) is 23.5. The van der Waals surface area contributed by atoms with Crippen LogP contribution in [-0.2, 0) is 23.0 Å². The Morgan fingerprint density at radius 3 is 2.68 bits per heavy atom. The monoisotopic (exact) mass is 270 g/mol. The normalized spacial score (nSPS) is 10.3. The number of methoxy groups -OCH3 is 1. The third-order valence-electron chi connectivity index (χ3n) is 2.69. The zero-order valence-electron chi connectivity index (χ0n) is 11.5. The number of aryl methyl sites for hydroxylation is 2. The Balaban J connectivity index is 3.18. The third-order valence-corrected chi connectivity index (χ3v) is 2.69. The van der Waals surface area contributed by atoms with Gasteiger partial charge in [-0.1, -0.05) is 13.3 Å². The fraction of sp³-hybridized carbons (Fsp3) is 0.636. The van der Waals surface area contributed by atoms with Crippen LogP contribution in [0.25, 0.3) is 0 Å². The van der Waals surface area contributed by atoms with Gasteiger partial charge in [-0.15, -0.1) is 0 Å². The molecule has 0 fully saturated rings. The first kappa shape index (κ1) is 14.9. The maximum atomic E-state index is 11.3. The average Bonchev–Trinajstić information content (AvgIpc) is 2.66. The third kappa shape index (κ3) is 3.21. The standard InChI is InChI=1S/C11H18N4O4/c1-5-6-8-10(15(17)18)11(14(3)12-8)13(2)7-9(16)19-4/h5-7H2,1-4H3. The molecule has 0 unspecified atom stereocenters. The Hall–Kier alpha value is -2.12. The molecular weight excluding hydrogens is 252 g/mol. The maximum absolute atomic E-state index is 11.3. The molecule has 0 bridgehead atoms. The molecule has 1 heterocycles. The van der Waals surface area contributed by atoms with Crippen molar-refractivity contribution >= 4 is 17.5 Å². The van der Waals surface area contributed by atoms with Crippen LogP contribution in [0.5, 0.6) is 0 Å². The van der Waals surface area contributed by atoms with Gasteiger partial charge in [0.25, 0.3) is 0 Å². The van der Waals surface area contributed by atoms with Crippen molar-refractivity contribution in [2.45, 2.75) is 19.8 Å². The van der Waals surface area contributed by atoms with Crippen LogP contribution in [0.3, 0.4) is 0 Å². The van der Waals surface area contributed by atoms with Crippen LogP contribution in [0.1, 0.15) is 19.0 Å². The van der Waals surface area contributed by atoms with E-state index in [0.717, 1.165) is 6.42 Å². The molecule has 8 heteroatoms. The summed E-state index contributed by atoms with van der Waals surface area (Å²) in [5.41, 5.74) is 0.387. The lowest BCUT2D eigenvalue weighted by molar-refractivity contribution is -0.384. The molecule has 0 aliphatic heterocycles. The van der Waals surface area contributed by atoms with E-state index >= 15 is 0 Å². The molecule has 0 aliphatic carbocycles. The van der Waals surface area contributed by atoms with Crippen LogP contribution in [0.2, 0.25) is 0 Å². The van der Waals surface area contributed by atoms with E-state index in [-0.39, 0.29) is 12.2 Å². The first-order valence-electron chi connectivity index (χ1n) is 5.90. The lowest BCUT2D eigenvalue weighted by atomic mass is 10.2. The van der Waals surface area contributed by atoms with Crippen molar-refractivity contribution in [3.63, 3.8) is 0 Å². The van der Waals surface area contributed by atoms with Crippen molar-refractivity contribution in [1.29, 1.82) is 0 Å². The van der Waals surface area contributed by atoms with Crippen molar-refractivity contribution in [3.8, 4) is 0 Å². The molecule has 19 heavy (non-hydrogen) atoms. The second-order valence-corrected chi connectivity index (χ2v) is 4.18. The summed E-state index contributed by atoms with van der Waals surface area (Å²) in [5.74, 6) is -0.158. The number of rotatable bonds is 6. The highest BCUT2D eigenvalue weighted by Crippen LogP contribution is 2.31. The molecule has 1 rings (SSSR count). The van der Waals surface area contributed by atoms with E-state index in [1.807, 2.05) is 6.92 Å². The Kier molecular flexibility index (Phi) is 4.85. The SMILES string of the molecule is CCCc1nn(C)c(N(C)CC(=O)OC)c1[N+](=O)[O-]. The minimum absolute atomic E-state index is 0.0456. The van der Waals surface area contributed by atoms with Gasteiger partial charge in [-0.25, -0.2) is 4.68 Å². The van der Waals surface area contributed by atoms with Crippen molar-refractivity contribution in [3.05, 3.63) is 15.8 Å². The van der Waals surface area contributed by atoms with Gasteiger partial charge in [-0.3, -0.25) is 14.9 Å². The van der Waals surface area contributed by atoms with E-state index in [9.17, 15) is 14.9 Å².